The van der Waals surface area contributed by atoms with Gasteiger partial charge in [-0.2, -0.15) is 0 Å². The highest BCUT2D eigenvalue weighted by atomic mass is 32.1. The van der Waals surface area contributed by atoms with Crippen LogP contribution in [0.25, 0.3) is 22.7 Å². The highest BCUT2D eigenvalue weighted by Gasteiger charge is 2.35. The molecule has 5 aromatic rings. The van der Waals surface area contributed by atoms with E-state index < -0.39 is 12.0 Å². The first-order valence-corrected chi connectivity index (χ1v) is 14.6. The van der Waals surface area contributed by atoms with E-state index in [1.807, 2.05) is 73.9 Å². The molecule has 7 heteroatoms. The SMILES string of the molecule is CCOC(=O)C1=C(c2ccccc2)N=c2s/c(=C/c3cn(C)c4ccccc34)c(=O)n2C1c1ccc(C(C)C)cc1. The van der Waals surface area contributed by atoms with Gasteiger partial charge in [-0.3, -0.25) is 9.36 Å². The predicted molar refractivity (Wildman–Crippen MR) is 165 cm³/mol. The van der Waals surface area contributed by atoms with Crippen LogP contribution < -0.4 is 14.9 Å². The summed E-state index contributed by atoms with van der Waals surface area (Å²) in [5, 5.41) is 1.07. The molecule has 6 rings (SSSR count). The molecule has 0 N–H and O–H groups in total. The van der Waals surface area contributed by atoms with Crippen LogP contribution in [0.3, 0.4) is 0 Å². The van der Waals surface area contributed by atoms with Crippen molar-refractivity contribution in [2.45, 2.75) is 32.7 Å². The number of benzene rings is 3. The summed E-state index contributed by atoms with van der Waals surface area (Å²) in [6.07, 6.45) is 3.96. The number of aryl methyl sites for hydroxylation is 1. The van der Waals surface area contributed by atoms with Gasteiger partial charge in [0.05, 0.1) is 28.5 Å². The third-order valence-electron chi connectivity index (χ3n) is 7.51. The minimum atomic E-state index is -0.684. The van der Waals surface area contributed by atoms with Crippen LogP contribution in [0.5, 0.6) is 0 Å². The van der Waals surface area contributed by atoms with Crippen molar-refractivity contribution in [3.05, 3.63) is 133 Å². The number of carbonyl (C=O) groups is 1. The molecule has 6 nitrogen and oxygen atoms in total. The molecule has 1 atom stereocenters. The van der Waals surface area contributed by atoms with Crippen molar-refractivity contribution < 1.29 is 9.53 Å². The summed E-state index contributed by atoms with van der Waals surface area (Å²) in [6.45, 7) is 6.28. The highest BCUT2D eigenvalue weighted by Crippen LogP contribution is 2.35. The van der Waals surface area contributed by atoms with Crippen molar-refractivity contribution in [1.82, 2.24) is 9.13 Å². The quantitative estimate of drug-likeness (QED) is 0.255. The summed E-state index contributed by atoms with van der Waals surface area (Å²) in [4.78, 5) is 33.3. The van der Waals surface area contributed by atoms with Crippen molar-refractivity contribution in [3.63, 3.8) is 0 Å². The van der Waals surface area contributed by atoms with Gasteiger partial charge in [-0.1, -0.05) is 98.0 Å². The zero-order valence-electron chi connectivity index (χ0n) is 23.5. The summed E-state index contributed by atoms with van der Waals surface area (Å²) in [5.74, 6) is -0.122. The van der Waals surface area contributed by atoms with Gasteiger partial charge < -0.3 is 9.30 Å². The van der Waals surface area contributed by atoms with Gasteiger partial charge in [-0.15, -0.1) is 0 Å². The Morgan fingerprint density at radius 2 is 1.73 bits per heavy atom. The minimum absolute atomic E-state index is 0.187. The Bertz CT molecular complexity index is 1980. The van der Waals surface area contributed by atoms with Crippen LogP contribution in [-0.4, -0.2) is 21.7 Å². The Labute approximate surface area is 242 Å². The molecule has 2 aromatic heterocycles. The van der Waals surface area contributed by atoms with Gasteiger partial charge in [0, 0.05) is 35.3 Å². The maximum atomic E-state index is 14.2. The maximum absolute atomic E-state index is 14.2. The molecule has 1 aliphatic rings. The van der Waals surface area contributed by atoms with Crippen molar-refractivity contribution in [2.24, 2.45) is 12.0 Å². The van der Waals surface area contributed by atoms with E-state index in [1.165, 1.54) is 16.9 Å². The second kappa shape index (κ2) is 10.8. The first-order valence-electron chi connectivity index (χ1n) is 13.8. The molecule has 41 heavy (non-hydrogen) atoms. The van der Waals surface area contributed by atoms with E-state index in [4.69, 9.17) is 9.73 Å². The fourth-order valence-electron chi connectivity index (χ4n) is 5.45. The number of esters is 1. The number of hydrogen-bond donors (Lipinski definition) is 0. The van der Waals surface area contributed by atoms with E-state index in [-0.39, 0.29) is 12.2 Å². The zero-order chi connectivity index (χ0) is 28.7. The van der Waals surface area contributed by atoms with Gasteiger partial charge in [0.1, 0.15) is 0 Å². The van der Waals surface area contributed by atoms with Crippen LogP contribution in [0, 0.1) is 0 Å². The van der Waals surface area contributed by atoms with Gasteiger partial charge >= 0.3 is 5.97 Å². The normalized spacial score (nSPS) is 15.3. The second-order valence-corrected chi connectivity index (χ2v) is 11.5. The van der Waals surface area contributed by atoms with Gasteiger partial charge in [0.25, 0.3) is 5.56 Å². The van der Waals surface area contributed by atoms with E-state index in [9.17, 15) is 9.59 Å². The van der Waals surface area contributed by atoms with Crippen LogP contribution in [0.2, 0.25) is 0 Å². The smallest absolute Gasteiger partial charge is 0.338 e. The standard InChI is InChI=1S/C34H31N3O3S/c1-5-40-33(39)29-30(23-11-7-6-8-12-23)35-34-37(31(29)24-17-15-22(16-18-24)21(2)3)32(38)28(41-34)19-25-20-36(4)27-14-10-9-13-26(25)27/h6-21,31H,5H2,1-4H3/b28-19+. The Morgan fingerprint density at radius 3 is 2.44 bits per heavy atom. The van der Waals surface area contributed by atoms with Gasteiger partial charge in [-0.05, 0) is 36.1 Å². The van der Waals surface area contributed by atoms with Crippen LogP contribution in [0.15, 0.2) is 100 Å². The third kappa shape index (κ3) is 4.76. The number of rotatable bonds is 6. The molecule has 1 unspecified atom stereocenters. The fraction of sp³-hybridized carbons (Fsp3) is 0.206. The molecular weight excluding hydrogens is 530 g/mol. The molecule has 0 saturated heterocycles. The largest absolute Gasteiger partial charge is 0.463 e. The molecule has 0 amide bonds. The fourth-order valence-corrected chi connectivity index (χ4v) is 6.44. The number of nitrogens with zero attached hydrogens (tertiary/aromatic N) is 3. The van der Waals surface area contributed by atoms with Crippen molar-refractivity contribution in [3.8, 4) is 0 Å². The lowest BCUT2D eigenvalue weighted by Crippen LogP contribution is -2.40. The van der Waals surface area contributed by atoms with Crippen LogP contribution in [0.4, 0.5) is 0 Å². The van der Waals surface area contributed by atoms with Crippen molar-refractivity contribution in [2.75, 3.05) is 6.61 Å². The molecule has 0 aliphatic carbocycles. The van der Waals surface area contributed by atoms with E-state index >= 15 is 0 Å². The van der Waals surface area contributed by atoms with E-state index in [0.29, 0.717) is 26.5 Å². The lowest BCUT2D eigenvalue weighted by Gasteiger charge is -2.26. The Hall–Kier alpha value is -4.49. The van der Waals surface area contributed by atoms with Crippen LogP contribution in [-0.2, 0) is 16.6 Å². The number of fused-ring (bicyclic) bond motifs is 2. The Kier molecular flexibility index (Phi) is 7.05. The Balaban J connectivity index is 1.64. The molecule has 3 heterocycles. The number of aromatic nitrogens is 2. The first-order chi connectivity index (χ1) is 19.9. The van der Waals surface area contributed by atoms with Gasteiger partial charge in [-0.25, -0.2) is 9.79 Å². The average molecular weight is 562 g/mol. The number of thiazole rings is 1. The molecule has 0 spiro atoms. The molecular formula is C34H31N3O3S. The number of carbonyl (C=O) groups excluding carboxylic acids is 1. The van der Waals surface area contributed by atoms with E-state index in [2.05, 4.69) is 42.7 Å². The molecule has 206 valence electrons. The van der Waals surface area contributed by atoms with Crippen molar-refractivity contribution in [1.29, 1.82) is 0 Å². The summed E-state index contributed by atoms with van der Waals surface area (Å²) in [6, 6.07) is 25.2. The molecule has 1 aliphatic heterocycles. The average Bonchev–Trinajstić information content (AvgIpc) is 3.48. The number of hydrogen-bond acceptors (Lipinski definition) is 5. The van der Waals surface area contributed by atoms with Crippen LogP contribution >= 0.6 is 11.3 Å². The lowest BCUT2D eigenvalue weighted by atomic mass is 9.91. The zero-order valence-corrected chi connectivity index (χ0v) is 24.3. The van der Waals surface area contributed by atoms with Crippen molar-refractivity contribution >= 4 is 40.0 Å². The predicted octanol–water partition coefficient (Wildman–Crippen LogP) is 5.55. The summed E-state index contributed by atoms with van der Waals surface area (Å²) in [7, 11) is 2.00. The van der Waals surface area contributed by atoms with E-state index in [1.54, 1.807) is 11.5 Å². The van der Waals surface area contributed by atoms with Gasteiger partial charge in [0.2, 0.25) is 0 Å². The monoisotopic (exact) mass is 561 g/mol. The first kappa shape index (κ1) is 26.7. The summed E-state index contributed by atoms with van der Waals surface area (Å²) in [5.41, 5.74) is 5.56. The highest BCUT2D eigenvalue weighted by molar-refractivity contribution is 7.07. The lowest BCUT2D eigenvalue weighted by molar-refractivity contribution is -0.138. The topological polar surface area (TPSA) is 65.6 Å². The van der Waals surface area contributed by atoms with Crippen LogP contribution in [0.1, 0.15) is 55.0 Å². The molecule has 0 fully saturated rings. The second-order valence-electron chi connectivity index (χ2n) is 10.5. The minimum Gasteiger partial charge on any atom is -0.463 e. The third-order valence-corrected chi connectivity index (χ3v) is 8.49. The molecule has 0 radical (unpaired) electrons. The Morgan fingerprint density at radius 1 is 1.02 bits per heavy atom. The molecule has 0 bridgehead atoms. The number of para-hydroxylation sites is 1. The van der Waals surface area contributed by atoms with Gasteiger partial charge in [0.15, 0.2) is 4.80 Å². The van der Waals surface area contributed by atoms with E-state index in [0.717, 1.165) is 27.6 Å². The molecule has 3 aromatic carbocycles. The number of ether oxygens (including phenoxy) is 1. The molecule has 0 saturated carbocycles. The maximum Gasteiger partial charge on any atom is 0.338 e. The summed E-state index contributed by atoms with van der Waals surface area (Å²) < 4.78 is 9.85. The summed E-state index contributed by atoms with van der Waals surface area (Å²) >= 11 is 1.34.